The lowest BCUT2D eigenvalue weighted by Crippen LogP contribution is -2.10. The molecular formula is C20H17ClN2OS2. The predicted octanol–water partition coefficient (Wildman–Crippen LogP) is 6.32. The fourth-order valence-electron chi connectivity index (χ4n) is 3.43. The number of nitrogens with one attached hydrogen (secondary N) is 1. The maximum Gasteiger partial charge on any atom is 0.267 e. The topological polar surface area (TPSA) is 52.9 Å². The SMILES string of the molecule is Cc1ccc2c(Cl)c(C(=O)Nc3sc4c(c3C#N)CCCCC4)sc2c1. The van der Waals surface area contributed by atoms with Crippen molar-refractivity contribution < 1.29 is 4.79 Å². The average Bonchev–Trinajstić information content (AvgIpc) is 3.01. The first-order valence-electron chi connectivity index (χ1n) is 8.63. The van der Waals surface area contributed by atoms with E-state index >= 15 is 0 Å². The van der Waals surface area contributed by atoms with Crippen molar-refractivity contribution in [2.45, 2.75) is 39.0 Å². The minimum absolute atomic E-state index is 0.234. The van der Waals surface area contributed by atoms with Crippen LogP contribution in [0.15, 0.2) is 18.2 Å². The zero-order chi connectivity index (χ0) is 18.3. The lowest BCUT2D eigenvalue weighted by Gasteiger charge is -2.03. The van der Waals surface area contributed by atoms with E-state index in [-0.39, 0.29) is 5.91 Å². The summed E-state index contributed by atoms with van der Waals surface area (Å²) in [6.07, 6.45) is 5.37. The van der Waals surface area contributed by atoms with Crippen LogP contribution in [0.1, 0.15) is 50.5 Å². The Kier molecular flexibility index (Phi) is 4.74. The van der Waals surface area contributed by atoms with Crippen LogP contribution in [0.5, 0.6) is 0 Å². The van der Waals surface area contributed by atoms with Gasteiger partial charge in [-0.3, -0.25) is 4.79 Å². The number of hydrogen-bond acceptors (Lipinski definition) is 4. The molecule has 2 aromatic heterocycles. The molecule has 132 valence electrons. The molecule has 1 amide bonds. The Labute approximate surface area is 165 Å². The van der Waals surface area contributed by atoms with Crippen LogP contribution in [-0.2, 0) is 12.8 Å². The van der Waals surface area contributed by atoms with Gasteiger partial charge in [0.25, 0.3) is 5.91 Å². The summed E-state index contributed by atoms with van der Waals surface area (Å²) in [7, 11) is 0. The molecule has 1 aliphatic carbocycles. The third-order valence-corrected chi connectivity index (χ3v) is 7.61. The van der Waals surface area contributed by atoms with Crippen molar-refractivity contribution >= 4 is 55.3 Å². The molecule has 3 aromatic rings. The number of anilines is 1. The molecule has 0 saturated carbocycles. The molecule has 1 N–H and O–H groups in total. The smallest absolute Gasteiger partial charge is 0.267 e. The summed E-state index contributed by atoms with van der Waals surface area (Å²) < 4.78 is 1.00. The first-order chi connectivity index (χ1) is 12.6. The van der Waals surface area contributed by atoms with Crippen molar-refractivity contribution in [2.75, 3.05) is 5.32 Å². The molecule has 26 heavy (non-hydrogen) atoms. The number of rotatable bonds is 2. The molecule has 0 atom stereocenters. The molecular weight excluding hydrogens is 384 g/mol. The van der Waals surface area contributed by atoms with E-state index in [0.29, 0.717) is 20.5 Å². The minimum atomic E-state index is -0.234. The number of thiophene rings is 2. The van der Waals surface area contributed by atoms with Gasteiger partial charge in [-0.05, 0) is 49.8 Å². The number of carbonyl (C=O) groups excluding carboxylic acids is 1. The van der Waals surface area contributed by atoms with Crippen molar-refractivity contribution in [3.05, 3.63) is 49.7 Å². The van der Waals surface area contributed by atoms with E-state index in [0.717, 1.165) is 46.9 Å². The van der Waals surface area contributed by atoms with Gasteiger partial charge in [-0.15, -0.1) is 22.7 Å². The number of hydrogen-bond donors (Lipinski definition) is 1. The Balaban J connectivity index is 1.69. The fraction of sp³-hybridized carbons (Fsp3) is 0.300. The van der Waals surface area contributed by atoms with E-state index in [1.807, 2.05) is 25.1 Å². The lowest BCUT2D eigenvalue weighted by molar-refractivity contribution is 0.103. The van der Waals surface area contributed by atoms with Gasteiger partial charge in [0.05, 0.1) is 10.6 Å². The maximum atomic E-state index is 12.9. The highest BCUT2D eigenvalue weighted by atomic mass is 35.5. The Morgan fingerprint density at radius 2 is 2.04 bits per heavy atom. The summed E-state index contributed by atoms with van der Waals surface area (Å²) in [4.78, 5) is 14.6. The number of amides is 1. The summed E-state index contributed by atoms with van der Waals surface area (Å²) in [5, 5.41) is 14.6. The van der Waals surface area contributed by atoms with Crippen LogP contribution in [0, 0.1) is 18.3 Å². The fourth-order valence-corrected chi connectivity index (χ4v) is 6.17. The van der Waals surface area contributed by atoms with Gasteiger partial charge in [0.15, 0.2) is 0 Å². The quantitative estimate of drug-likeness (QED) is 0.512. The van der Waals surface area contributed by atoms with E-state index in [1.54, 1.807) is 11.3 Å². The van der Waals surface area contributed by atoms with E-state index in [1.165, 1.54) is 22.6 Å². The highest BCUT2D eigenvalue weighted by molar-refractivity contribution is 7.22. The van der Waals surface area contributed by atoms with E-state index < -0.39 is 0 Å². The zero-order valence-electron chi connectivity index (χ0n) is 14.3. The molecule has 0 unspecified atom stereocenters. The van der Waals surface area contributed by atoms with Crippen molar-refractivity contribution in [2.24, 2.45) is 0 Å². The van der Waals surface area contributed by atoms with Crippen molar-refractivity contribution in [1.82, 2.24) is 0 Å². The molecule has 0 bridgehead atoms. The average molecular weight is 401 g/mol. The standard InChI is InChI=1S/C20H17ClN2OS2/c1-11-7-8-13-16(9-11)25-18(17(13)21)19(24)23-20-14(10-22)12-5-3-2-4-6-15(12)26-20/h7-9H,2-6H2,1H3,(H,23,24). The van der Waals surface area contributed by atoms with Crippen LogP contribution in [-0.4, -0.2) is 5.91 Å². The first-order valence-corrected chi connectivity index (χ1v) is 10.6. The molecule has 0 radical (unpaired) electrons. The van der Waals surface area contributed by atoms with Gasteiger partial charge in [0.1, 0.15) is 15.9 Å². The van der Waals surface area contributed by atoms with Crippen LogP contribution in [0.2, 0.25) is 5.02 Å². The summed E-state index contributed by atoms with van der Waals surface area (Å²) in [6.45, 7) is 2.02. The van der Waals surface area contributed by atoms with Gasteiger partial charge in [-0.2, -0.15) is 5.26 Å². The Hall–Kier alpha value is -1.87. The Morgan fingerprint density at radius 3 is 2.85 bits per heavy atom. The molecule has 0 fully saturated rings. The van der Waals surface area contributed by atoms with Crippen molar-refractivity contribution in [3.63, 3.8) is 0 Å². The minimum Gasteiger partial charge on any atom is -0.312 e. The third kappa shape index (κ3) is 3.03. The predicted molar refractivity (Wildman–Crippen MR) is 110 cm³/mol. The van der Waals surface area contributed by atoms with Gasteiger partial charge >= 0.3 is 0 Å². The summed E-state index contributed by atoms with van der Waals surface area (Å²) in [5.41, 5.74) is 2.90. The molecule has 0 saturated heterocycles. The molecule has 1 aromatic carbocycles. The maximum absolute atomic E-state index is 12.9. The van der Waals surface area contributed by atoms with E-state index in [2.05, 4.69) is 11.4 Å². The van der Waals surface area contributed by atoms with Gasteiger partial charge in [0.2, 0.25) is 0 Å². The van der Waals surface area contributed by atoms with Gasteiger partial charge in [0, 0.05) is 15.0 Å². The lowest BCUT2D eigenvalue weighted by atomic mass is 10.1. The van der Waals surface area contributed by atoms with Crippen molar-refractivity contribution in [1.29, 1.82) is 5.26 Å². The monoisotopic (exact) mass is 400 g/mol. The molecule has 1 aliphatic rings. The molecule has 6 heteroatoms. The molecule has 3 nitrogen and oxygen atoms in total. The number of nitriles is 1. The highest BCUT2D eigenvalue weighted by Crippen LogP contribution is 2.39. The second-order valence-electron chi connectivity index (χ2n) is 6.58. The van der Waals surface area contributed by atoms with Gasteiger partial charge in [-0.25, -0.2) is 0 Å². The number of halogens is 1. The van der Waals surface area contributed by atoms with Gasteiger partial charge in [-0.1, -0.05) is 30.2 Å². The van der Waals surface area contributed by atoms with Crippen LogP contribution in [0.4, 0.5) is 5.00 Å². The number of benzene rings is 1. The Morgan fingerprint density at radius 1 is 1.23 bits per heavy atom. The number of carbonyl (C=O) groups is 1. The van der Waals surface area contributed by atoms with Crippen LogP contribution in [0.3, 0.4) is 0 Å². The third-order valence-electron chi connectivity index (χ3n) is 4.75. The summed E-state index contributed by atoms with van der Waals surface area (Å²) in [6, 6.07) is 8.29. The first kappa shape index (κ1) is 17.5. The molecule has 0 spiro atoms. The largest absolute Gasteiger partial charge is 0.312 e. The van der Waals surface area contributed by atoms with Crippen molar-refractivity contribution in [3.8, 4) is 6.07 Å². The summed E-state index contributed by atoms with van der Waals surface area (Å²) in [5.74, 6) is -0.234. The van der Waals surface area contributed by atoms with Gasteiger partial charge < -0.3 is 5.32 Å². The second kappa shape index (κ2) is 7.03. The van der Waals surface area contributed by atoms with E-state index in [9.17, 15) is 10.1 Å². The number of fused-ring (bicyclic) bond motifs is 2. The number of nitrogens with zero attached hydrogens (tertiary/aromatic N) is 1. The van der Waals surface area contributed by atoms with Crippen LogP contribution >= 0.6 is 34.3 Å². The zero-order valence-corrected chi connectivity index (χ0v) is 16.7. The molecule has 2 heterocycles. The second-order valence-corrected chi connectivity index (χ2v) is 9.11. The van der Waals surface area contributed by atoms with Crippen LogP contribution < -0.4 is 5.32 Å². The molecule has 4 rings (SSSR count). The molecule has 0 aliphatic heterocycles. The van der Waals surface area contributed by atoms with E-state index in [4.69, 9.17) is 11.6 Å². The Bertz CT molecular complexity index is 1060. The highest BCUT2D eigenvalue weighted by Gasteiger charge is 2.23. The van der Waals surface area contributed by atoms with Crippen LogP contribution in [0.25, 0.3) is 10.1 Å². The summed E-state index contributed by atoms with van der Waals surface area (Å²) >= 11 is 9.39. The number of aryl methyl sites for hydroxylation is 2. The normalized spacial score (nSPS) is 13.9.